The monoisotopic (exact) mass is 506 g/mol. The van der Waals surface area contributed by atoms with Crippen LogP contribution in [0.1, 0.15) is 56.8 Å². The van der Waals surface area contributed by atoms with Crippen LogP contribution < -0.4 is 4.74 Å². The van der Waals surface area contributed by atoms with Gasteiger partial charge in [-0.05, 0) is 35.1 Å². The van der Waals surface area contributed by atoms with Crippen LogP contribution in [-0.2, 0) is 19.7 Å². The molecule has 1 atom stereocenters. The van der Waals surface area contributed by atoms with Crippen molar-refractivity contribution in [3.05, 3.63) is 70.8 Å². The number of aliphatic hydroxyl groups is 1. The fraction of sp³-hybridized carbons (Fsp3) is 0.467. The molecule has 37 heavy (non-hydrogen) atoms. The normalized spacial score (nSPS) is 20.4. The first-order valence-corrected chi connectivity index (χ1v) is 13.1. The molecule has 0 radical (unpaired) electrons. The second-order valence-corrected chi connectivity index (χ2v) is 10.7. The lowest BCUT2D eigenvalue weighted by Gasteiger charge is -2.31. The predicted octanol–water partition coefficient (Wildman–Crippen LogP) is 4.53. The number of ketones is 1. The molecule has 0 aliphatic carbocycles. The quantitative estimate of drug-likeness (QED) is 0.322. The second kappa shape index (κ2) is 11.5. The van der Waals surface area contributed by atoms with Crippen LogP contribution in [0, 0.1) is 0 Å². The molecule has 4 rings (SSSR count). The number of hydrogen-bond donors (Lipinski definition) is 1. The number of Topliss-reactive ketones (excluding diaryl/α,β-unsaturated/α-hetero) is 1. The summed E-state index contributed by atoms with van der Waals surface area (Å²) >= 11 is 0. The van der Waals surface area contributed by atoms with Gasteiger partial charge in [0.05, 0.1) is 31.4 Å². The van der Waals surface area contributed by atoms with E-state index in [1.54, 1.807) is 23.1 Å². The fourth-order valence-electron chi connectivity index (χ4n) is 4.81. The fourth-order valence-corrected chi connectivity index (χ4v) is 4.81. The van der Waals surface area contributed by atoms with Crippen LogP contribution in [0.4, 0.5) is 0 Å². The van der Waals surface area contributed by atoms with E-state index < -0.39 is 17.7 Å². The topological polar surface area (TPSA) is 79.3 Å². The number of benzene rings is 2. The van der Waals surface area contributed by atoms with Gasteiger partial charge in [-0.25, -0.2) is 0 Å². The molecule has 7 heteroatoms. The van der Waals surface area contributed by atoms with Gasteiger partial charge in [-0.15, -0.1) is 0 Å². The second-order valence-electron chi connectivity index (χ2n) is 10.7. The number of hydrogen-bond acceptors (Lipinski definition) is 6. The van der Waals surface area contributed by atoms with Crippen molar-refractivity contribution in [2.45, 2.75) is 45.6 Å². The molecule has 2 aromatic rings. The summed E-state index contributed by atoms with van der Waals surface area (Å²) < 4.78 is 11.2. The highest BCUT2D eigenvalue weighted by Crippen LogP contribution is 2.40. The Balaban J connectivity index is 1.73. The Morgan fingerprint density at radius 3 is 2.41 bits per heavy atom. The summed E-state index contributed by atoms with van der Waals surface area (Å²) in [5.41, 5.74) is 2.49. The summed E-state index contributed by atoms with van der Waals surface area (Å²) in [6, 6.07) is 14.4. The molecular weight excluding hydrogens is 468 g/mol. The Kier molecular flexibility index (Phi) is 8.35. The van der Waals surface area contributed by atoms with Crippen LogP contribution in [0.15, 0.2) is 54.1 Å². The maximum atomic E-state index is 13.4. The number of morpholine rings is 1. The van der Waals surface area contributed by atoms with Gasteiger partial charge in [0, 0.05) is 31.7 Å². The number of amides is 1. The van der Waals surface area contributed by atoms with Gasteiger partial charge in [0.25, 0.3) is 11.7 Å². The number of likely N-dealkylation sites (tertiary alicyclic amines) is 1. The van der Waals surface area contributed by atoms with E-state index in [-0.39, 0.29) is 16.7 Å². The molecule has 0 bridgehead atoms. The van der Waals surface area contributed by atoms with Crippen molar-refractivity contribution < 1.29 is 24.2 Å². The van der Waals surface area contributed by atoms with Crippen molar-refractivity contribution in [2.75, 3.05) is 46.0 Å². The maximum Gasteiger partial charge on any atom is 0.295 e. The zero-order chi connectivity index (χ0) is 26.6. The average Bonchev–Trinajstić information content (AvgIpc) is 3.15. The molecule has 7 nitrogen and oxygen atoms in total. The molecule has 2 saturated heterocycles. The molecule has 2 aliphatic rings. The number of rotatable bonds is 8. The Morgan fingerprint density at radius 1 is 1.05 bits per heavy atom. The summed E-state index contributed by atoms with van der Waals surface area (Å²) in [6.45, 7) is 12.9. The van der Waals surface area contributed by atoms with E-state index >= 15 is 0 Å². The highest BCUT2D eigenvalue weighted by Gasteiger charge is 2.46. The zero-order valence-electron chi connectivity index (χ0n) is 22.3. The lowest BCUT2D eigenvalue weighted by molar-refractivity contribution is -0.140. The van der Waals surface area contributed by atoms with Crippen LogP contribution in [0.2, 0.25) is 0 Å². The van der Waals surface area contributed by atoms with Crippen molar-refractivity contribution in [3.63, 3.8) is 0 Å². The van der Waals surface area contributed by atoms with Gasteiger partial charge in [0.1, 0.15) is 11.5 Å². The van der Waals surface area contributed by atoms with Crippen molar-refractivity contribution in [2.24, 2.45) is 0 Å². The molecule has 0 spiro atoms. The molecule has 2 heterocycles. The van der Waals surface area contributed by atoms with Crippen LogP contribution in [0.3, 0.4) is 0 Å². The van der Waals surface area contributed by atoms with E-state index in [4.69, 9.17) is 9.47 Å². The number of nitrogens with zero attached hydrogens (tertiary/aromatic N) is 2. The molecule has 1 unspecified atom stereocenters. The minimum absolute atomic E-state index is 0.0321. The minimum Gasteiger partial charge on any atom is -0.507 e. The summed E-state index contributed by atoms with van der Waals surface area (Å²) in [5, 5.41) is 11.4. The molecule has 198 valence electrons. The SMILES string of the molecule is CCCOc1cccc(/C(O)=C2\C(=O)C(=O)N(CCN3CCOCC3)C2c2ccc(C(C)(C)C)cc2)c1. The van der Waals surface area contributed by atoms with Crippen molar-refractivity contribution in [1.82, 2.24) is 9.80 Å². The number of ether oxygens (including phenoxy) is 2. The predicted molar refractivity (Wildman–Crippen MR) is 144 cm³/mol. The maximum absolute atomic E-state index is 13.4. The van der Waals surface area contributed by atoms with Crippen LogP contribution in [-0.4, -0.2) is 72.6 Å². The van der Waals surface area contributed by atoms with E-state index in [1.165, 1.54) is 0 Å². The van der Waals surface area contributed by atoms with Gasteiger partial charge >= 0.3 is 0 Å². The highest BCUT2D eigenvalue weighted by molar-refractivity contribution is 6.46. The number of carbonyl (C=O) groups is 2. The molecule has 2 aliphatic heterocycles. The van der Waals surface area contributed by atoms with Crippen molar-refractivity contribution >= 4 is 17.4 Å². The Morgan fingerprint density at radius 2 is 1.76 bits per heavy atom. The number of carbonyl (C=O) groups excluding carboxylic acids is 2. The third kappa shape index (κ3) is 6.05. The van der Waals surface area contributed by atoms with Crippen molar-refractivity contribution in [3.8, 4) is 5.75 Å². The van der Waals surface area contributed by atoms with Gasteiger partial charge in [-0.3, -0.25) is 14.5 Å². The van der Waals surface area contributed by atoms with E-state index in [0.717, 1.165) is 30.6 Å². The smallest absolute Gasteiger partial charge is 0.295 e. The lowest BCUT2D eigenvalue weighted by Crippen LogP contribution is -2.42. The van der Waals surface area contributed by atoms with Gasteiger partial charge in [-0.1, -0.05) is 64.1 Å². The van der Waals surface area contributed by atoms with Crippen LogP contribution >= 0.6 is 0 Å². The molecule has 0 aromatic heterocycles. The molecule has 0 saturated carbocycles. The zero-order valence-corrected chi connectivity index (χ0v) is 22.3. The standard InChI is InChI=1S/C30H38N2O5/c1-5-17-37-24-8-6-7-22(20-24)27(33)25-26(21-9-11-23(12-10-21)30(2,3)4)32(29(35)28(25)34)14-13-31-15-18-36-19-16-31/h6-12,20,26,33H,5,13-19H2,1-4H3/b27-25+. The van der Waals surface area contributed by atoms with Gasteiger partial charge in [-0.2, -0.15) is 0 Å². The summed E-state index contributed by atoms with van der Waals surface area (Å²) in [4.78, 5) is 30.5. The lowest BCUT2D eigenvalue weighted by atomic mass is 9.85. The van der Waals surface area contributed by atoms with E-state index in [0.29, 0.717) is 44.2 Å². The third-order valence-corrected chi connectivity index (χ3v) is 6.97. The molecule has 1 amide bonds. The van der Waals surface area contributed by atoms with Gasteiger partial charge in [0.15, 0.2) is 0 Å². The Labute approximate surface area is 219 Å². The largest absolute Gasteiger partial charge is 0.507 e. The van der Waals surface area contributed by atoms with Gasteiger partial charge < -0.3 is 19.5 Å². The van der Waals surface area contributed by atoms with Gasteiger partial charge in [0.2, 0.25) is 0 Å². The first kappa shape index (κ1) is 26.9. The average molecular weight is 507 g/mol. The summed E-state index contributed by atoms with van der Waals surface area (Å²) in [5.74, 6) is -0.819. The highest BCUT2D eigenvalue weighted by atomic mass is 16.5. The molecule has 2 fully saturated rings. The Hall–Kier alpha value is -3.16. The molecule has 2 aromatic carbocycles. The summed E-state index contributed by atoms with van der Waals surface area (Å²) in [7, 11) is 0. The van der Waals surface area contributed by atoms with E-state index in [2.05, 4.69) is 25.7 Å². The molecule has 1 N–H and O–H groups in total. The van der Waals surface area contributed by atoms with Crippen LogP contribution in [0.5, 0.6) is 5.75 Å². The van der Waals surface area contributed by atoms with Crippen LogP contribution in [0.25, 0.3) is 5.76 Å². The summed E-state index contributed by atoms with van der Waals surface area (Å²) in [6.07, 6.45) is 0.856. The van der Waals surface area contributed by atoms with E-state index in [9.17, 15) is 14.7 Å². The van der Waals surface area contributed by atoms with Crippen molar-refractivity contribution in [1.29, 1.82) is 0 Å². The molecular formula is C30H38N2O5. The first-order valence-electron chi connectivity index (χ1n) is 13.1. The minimum atomic E-state index is -0.671. The Bertz CT molecular complexity index is 1140. The first-order chi connectivity index (χ1) is 17.7. The third-order valence-electron chi connectivity index (χ3n) is 6.97. The number of aliphatic hydroxyl groups excluding tert-OH is 1. The van der Waals surface area contributed by atoms with E-state index in [1.807, 2.05) is 37.3 Å².